The molecule has 2 N–H and O–H groups in total. The molecular formula is C26H24ClN3O3. The van der Waals surface area contributed by atoms with Gasteiger partial charge in [-0.05, 0) is 37.4 Å². The molecule has 1 aliphatic carbocycles. The number of pyridine rings is 1. The highest BCUT2D eigenvalue weighted by atomic mass is 35.5. The van der Waals surface area contributed by atoms with Crippen LogP contribution in [0.5, 0.6) is 5.75 Å². The Morgan fingerprint density at radius 2 is 1.85 bits per heavy atom. The number of aliphatic hydroxyl groups excluding tert-OH is 1. The van der Waals surface area contributed by atoms with E-state index < -0.39 is 23.2 Å². The zero-order chi connectivity index (χ0) is 23.4. The maximum atomic E-state index is 12.4. The minimum Gasteiger partial charge on any atom is -0.476 e. The Hall–Kier alpha value is -2.95. The van der Waals surface area contributed by atoms with Crippen molar-refractivity contribution in [2.75, 3.05) is 20.6 Å². The normalized spacial score (nSPS) is 29.9. The van der Waals surface area contributed by atoms with Crippen molar-refractivity contribution in [2.24, 2.45) is 5.92 Å². The van der Waals surface area contributed by atoms with Crippen molar-refractivity contribution in [1.82, 2.24) is 9.88 Å². The fraction of sp³-hybridized carbons (Fsp3) is 0.308. The number of halogens is 1. The van der Waals surface area contributed by atoms with E-state index in [1.54, 1.807) is 30.3 Å². The second-order valence-corrected chi connectivity index (χ2v) is 9.49. The van der Waals surface area contributed by atoms with Gasteiger partial charge >= 0.3 is 0 Å². The molecule has 168 valence electrons. The monoisotopic (exact) mass is 461 g/mol. The van der Waals surface area contributed by atoms with Crippen molar-refractivity contribution < 1.29 is 14.9 Å². The van der Waals surface area contributed by atoms with E-state index in [-0.39, 0.29) is 11.6 Å². The first kappa shape index (κ1) is 21.9. The number of nitrogens with zero attached hydrogens (tertiary/aromatic N) is 3. The molecular weight excluding hydrogens is 438 g/mol. The summed E-state index contributed by atoms with van der Waals surface area (Å²) < 4.78 is 6.65. The van der Waals surface area contributed by atoms with Crippen molar-refractivity contribution in [1.29, 1.82) is 5.26 Å². The molecule has 2 heterocycles. The molecule has 0 spiro atoms. The van der Waals surface area contributed by atoms with Crippen molar-refractivity contribution in [3.63, 3.8) is 0 Å². The first-order chi connectivity index (χ1) is 15.8. The number of aliphatic hydroxyl groups is 2. The summed E-state index contributed by atoms with van der Waals surface area (Å²) in [4.78, 5) is 6.43. The largest absolute Gasteiger partial charge is 0.476 e. The van der Waals surface area contributed by atoms with Gasteiger partial charge in [0, 0.05) is 30.6 Å². The van der Waals surface area contributed by atoms with Crippen molar-refractivity contribution in [3.05, 3.63) is 94.3 Å². The average Bonchev–Trinajstić information content (AvgIpc) is 3.17. The lowest BCUT2D eigenvalue weighted by molar-refractivity contribution is -0.153. The molecule has 1 saturated carbocycles. The number of nitriles is 1. The van der Waals surface area contributed by atoms with Crippen LogP contribution in [0.2, 0.25) is 5.02 Å². The minimum absolute atomic E-state index is 0.269. The van der Waals surface area contributed by atoms with Crippen LogP contribution in [0, 0.1) is 17.2 Å². The topological polar surface area (TPSA) is 89.6 Å². The summed E-state index contributed by atoms with van der Waals surface area (Å²) in [6.45, 7) is 0.521. The predicted molar refractivity (Wildman–Crippen MR) is 124 cm³/mol. The van der Waals surface area contributed by atoms with Gasteiger partial charge in [0.05, 0.1) is 22.8 Å². The molecule has 1 fully saturated rings. The lowest BCUT2D eigenvalue weighted by atomic mass is 9.71. The fourth-order valence-electron chi connectivity index (χ4n) is 5.69. The highest BCUT2D eigenvalue weighted by Gasteiger charge is 2.76. The van der Waals surface area contributed by atoms with Crippen LogP contribution >= 0.6 is 11.6 Å². The van der Waals surface area contributed by atoms with Gasteiger partial charge in [0.15, 0.2) is 11.2 Å². The highest BCUT2D eigenvalue weighted by molar-refractivity contribution is 6.30. The molecule has 1 aliphatic heterocycles. The van der Waals surface area contributed by atoms with Crippen LogP contribution in [-0.4, -0.2) is 46.8 Å². The van der Waals surface area contributed by atoms with Crippen LogP contribution in [-0.2, 0) is 11.2 Å². The second-order valence-electron chi connectivity index (χ2n) is 9.05. The minimum atomic E-state index is -1.83. The van der Waals surface area contributed by atoms with E-state index >= 15 is 0 Å². The predicted octanol–water partition coefficient (Wildman–Crippen LogP) is 3.42. The molecule has 5 rings (SSSR count). The van der Waals surface area contributed by atoms with Crippen LogP contribution < -0.4 is 4.74 Å². The number of aromatic nitrogens is 1. The van der Waals surface area contributed by atoms with Gasteiger partial charge in [-0.15, -0.1) is 0 Å². The molecule has 2 aliphatic rings. The van der Waals surface area contributed by atoms with E-state index in [9.17, 15) is 15.5 Å². The third-order valence-electron chi connectivity index (χ3n) is 6.89. The van der Waals surface area contributed by atoms with Gasteiger partial charge < -0.3 is 19.8 Å². The van der Waals surface area contributed by atoms with E-state index in [1.807, 2.05) is 49.3 Å². The Morgan fingerprint density at radius 1 is 1.15 bits per heavy atom. The summed E-state index contributed by atoms with van der Waals surface area (Å²) >= 11 is 6.21. The SMILES string of the molecule is CN(C)C[C@@H]1[C@@H](O)C2(O)c3ncc(Cl)cc3O[C@@]2(c2ccc(C#N)cc2)[C@@H]1c1ccccc1. The molecule has 0 amide bonds. The zero-order valence-electron chi connectivity index (χ0n) is 18.3. The van der Waals surface area contributed by atoms with Crippen LogP contribution in [0.3, 0.4) is 0 Å². The molecule has 0 bridgehead atoms. The molecule has 6 nitrogen and oxygen atoms in total. The first-order valence-electron chi connectivity index (χ1n) is 10.8. The number of ether oxygens (including phenoxy) is 1. The summed E-state index contributed by atoms with van der Waals surface area (Å²) in [6.07, 6.45) is 0.288. The number of hydrogen-bond donors (Lipinski definition) is 2. The van der Waals surface area contributed by atoms with Gasteiger partial charge in [-0.3, -0.25) is 4.98 Å². The molecule has 5 atom stereocenters. The maximum Gasteiger partial charge on any atom is 0.181 e. The number of benzene rings is 2. The van der Waals surface area contributed by atoms with Crippen molar-refractivity contribution in [2.45, 2.75) is 23.2 Å². The standard InChI is InChI=1S/C26H24ClN3O3/c1-30(2)15-20-22(17-6-4-3-5-7-17)26(18-10-8-16(13-28)9-11-18)25(32,24(20)31)23-21(33-26)12-19(27)14-29-23/h3-12,14,20,22,24,31-32H,15H2,1-2H3/t20-,22+,24+,25?,26-/m0/s1. The zero-order valence-corrected chi connectivity index (χ0v) is 19.1. The van der Waals surface area contributed by atoms with Crippen LogP contribution in [0.1, 0.15) is 28.3 Å². The Labute approximate surface area is 197 Å². The Morgan fingerprint density at radius 3 is 2.48 bits per heavy atom. The van der Waals surface area contributed by atoms with Gasteiger partial charge in [-0.1, -0.05) is 54.1 Å². The third kappa shape index (κ3) is 3.01. The van der Waals surface area contributed by atoms with E-state index in [4.69, 9.17) is 16.3 Å². The molecule has 1 aromatic heterocycles. The van der Waals surface area contributed by atoms with Crippen LogP contribution in [0.4, 0.5) is 0 Å². The maximum absolute atomic E-state index is 12.4. The molecule has 0 radical (unpaired) electrons. The lowest BCUT2D eigenvalue weighted by Crippen LogP contribution is -2.52. The molecule has 2 aromatic carbocycles. The summed E-state index contributed by atoms with van der Waals surface area (Å²) in [5, 5.41) is 33.9. The smallest absolute Gasteiger partial charge is 0.181 e. The number of fused-ring (bicyclic) bond motifs is 3. The van der Waals surface area contributed by atoms with E-state index in [0.29, 0.717) is 28.4 Å². The molecule has 33 heavy (non-hydrogen) atoms. The Kier molecular flexibility index (Phi) is 5.19. The highest BCUT2D eigenvalue weighted by Crippen LogP contribution is 2.68. The van der Waals surface area contributed by atoms with Gasteiger partial charge in [0.1, 0.15) is 11.4 Å². The van der Waals surface area contributed by atoms with Gasteiger partial charge in [0.2, 0.25) is 0 Å². The summed E-state index contributed by atoms with van der Waals surface area (Å²) in [5.41, 5.74) is -0.846. The van der Waals surface area contributed by atoms with Gasteiger partial charge in [-0.25, -0.2) is 0 Å². The van der Waals surface area contributed by atoms with Gasteiger partial charge in [0.25, 0.3) is 0 Å². The Balaban J connectivity index is 1.83. The molecule has 0 saturated heterocycles. The van der Waals surface area contributed by atoms with Crippen LogP contribution in [0.25, 0.3) is 0 Å². The third-order valence-corrected chi connectivity index (χ3v) is 7.10. The van der Waals surface area contributed by atoms with Crippen molar-refractivity contribution in [3.8, 4) is 11.8 Å². The summed E-state index contributed by atoms with van der Waals surface area (Å²) in [6, 6.07) is 20.5. The fourth-order valence-corrected chi connectivity index (χ4v) is 5.83. The molecule has 3 aromatic rings. The van der Waals surface area contributed by atoms with Gasteiger partial charge in [-0.2, -0.15) is 5.26 Å². The summed E-state index contributed by atoms with van der Waals surface area (Å²) in [5.74, 6) is -0.437. The van der Waals surface area contributed by atoms with Crippen LogP contribution in [0.15, 0.2) is 66.9 Å². The quantitative estimate of drug-likeness (QED) is 0.618. The summed E-state index contributed by atoms with van der Waals surface area (Å²) in [7, 11) is 3.88. The van der Waals surface area contributed by atoms with Crippen molar-refractivity contribution >= 4 is 11.6 Å². The number of hydrogen-bond acceptors (Lipinski definition) is 6. The second kappa shape index (κ2) is 7.82. The van der Waals surface area contributed by atoms with E-state index in [1.165, 1.54) is 6.20 Å². The lowest BCUT2D eigenvalue weighted by Gasteiger charge is -2.40. The molecule has 7 heteroatoms. The number of rotatable bonds is 4. The average molecular weight is 462 g/mol. The van der Waals surface area contributed by atoms with E-state index in [2.05, 4.69) is 11.1 Å². The van der Waals surface area contributed by atoms with E-state index in [0.717, 1.165) is 5.56 Å². The Bertz CT molecular complexity index is 1230. The molecule has 1 unspecified atom stereocenters. The first-order valence-corrected chi connectivity index (χ1v) is 11.2.